The molecule has 0 atom stereocenters. The highest BCUT2D eigenvalue weighted by atomic mass is 16.3. The summed E-state index contributed by atoms with van der Waals surface area (Å²) in [5.74, 6) is 0.121. The molecule has 4 nitrogen and oxygen atoms in total. The smallest absolute Gasteiger partial charge is 0.180 e. The van der Waals surface area contributed by atoms with Gasteiger partial charge in [0.25, 0.3) is 0 Å². The average molecular weight is 262 g/mol. The number of aromatic hydroxyl groups is 1. The molecule has 4 heteroatoms. The molecule has 0 radical (unpaired) electrons. The van der Waals surface area contributed by atoms with Crippen LogP contribution in [0.1, 0.15) is 21.5 Å². The SMILES string of the molecule is Cc1cc(C)c(C(=O)CN2CCN(C)CC2)c(O)c1. The predicted molar refractivity (Wildman–Crippen MR) is 75.8 cm³/mol. The van der Waals surface area contributed by atoms with E-state index in [1.54, 1.807) is 6.07 Å². The molecule has 1 fully saturated rings. The molecular formula is C15H22N2O2. The van der Waals surface area contributed by atoms with Crippen LogP contribution in [-0.4, -0.2) is 60.5 Å². The fourth-order valence-electron chi connectivity index (χ4n) is 2.60. The van der Waals surface area contributed by atoms with Gasteiger partial charge in [0.1, 0.15) is 5.75 Å². The molecule has 0 spiro atoms. The molecule has 0 aromatic heterocycles. The number of phenols is 1. The van der Waals surface area contributed by atoms with Crippen molar-refractivity contribution in [2.45, 2.75) is 13.8 Å². The molecule has 0 bridgehead atoms. The lowest BCUT2D eigenvalue weighted by molar-refractivity contribution is 0.0873. The third-order valence-corrected chi connectivity index (χ3v) is 3.70. The predicted octanol–water partition coefficient (Wildman–Crippen LogP) is 1.44. The molecule has 1 aromatic carbocycles. The highest BCUT2D eigenvalue weighted by Gasteiger charge is 2.20. The zero-order valence-corrected chi connectivity index (χ0v) is 11.9. The number of piperazine rings is 1. The van der Waals surface area contributed by atoms with Gasteiger partial charge in [0.15, 0.2) is 5.78 Å². The van der Waals surface area contributed by atoms with E-state index in [-0.39, 0.29) is 11.5 Å². The van der Waals surface area contributed by atoms with Gasteiger partial charge in [0, 0.05) is 26.2 Å². The minimum absolute atomic E-state index is 0.0135. The van der Waals surface area contributed by atoms with Gasteiger partial charge in [-0.3, -0.25) is 9.69 Å². The number of hydrogen-bond donors (Lipinski definition) is 1. The Bertz CT molecular complexity index is 454. The van der Waals surface area contributed by atoms with Crippen molar-refractivity contribution in [3.05, 3.63) is 28.8 Å². The molecule has 104 valence electrons. The van der Waals surface area contributed by atoms with E-state index in [1.165, 1.54) is 0 Å². The third-order valence-electron chi connectivity index (χ3n) is 3.70. The van der Waals surface area contributed by atoms with E-state index in [9.17, 15) is 9.90 Å². The fraction of sp³-hybridized carbons (Fsp3) is 0.533. The molecule has 0 saturated carbocycles. The zero-order valence-electron chi connectivity index (χ0n) is 11.9. The molecule has 1 aliphatic heterocycles. The molecule has 1 N–H and O–H groups in total. The number of carbonyl (C=O) groups is 1. The van der Waals surface area contributed by atoms with Crippen molar-refractivity contribution in [2.24, 2.45) is 0 Å². The van der Waals surface area contributed by atoms with Gasteiger partial charge in [-0.2, -0.15) is 0 Å². The normalized spacial score (nSPS) is 17.6. The number of Topliss-reactive ketones (excluding diaryl/α,β-unsaturated/α-hetero) is 1. The van der Waals surface area contributed by atoms with Gasteiger partial charge in [-0.05, 0) is 38.1 Å². The van der Waals surface area contributed by atoms with Crippen LogP contribution in [-0.2, 0) is 0 Å². The Labute approximate surface area is 114 Å². The maximum absolute atomic E-state index is 12.3. The van der Waals surface area contributed by atoms with Crippen molar-refractivity contribution in [3.63, 3.8) is 0 Å². The van der Waals surface area contributed by atoms with Crippen LogP contribution in [0.2, 0.25) is 0 Å². The van der Waals surface area contributed by atoms with Crippen LogP contribution in [0.3, 0.4) is 0 Å². The molecule has 19 heavy (non-hydrogen) atoms. The van der Waals surface area contributed by atoms with Crippen molar-refractivity contribution in [1.29, 1.82) is 0 Å². The van der Waals surface area contributed by atoms with Gasteiger partial charge in [0.2, 0.25) is 0 Å². The number of rotatable bonds is 3. The number of nitrogens with zero attached hydrogens (tertiary/aromatic N) is 2. The van der Waals surface area contributed by atoms with E-state index in [0.717, 1.165) is 37.3 Å². The molecule has 1 aromatic rings. The Hall–Kier alpha value is -1.39. The van der Waals surface area contributed by atoms with Crippen LogP contribution >= 0.6 is 0 Å². The summed E-state index contributed by atoms with van der Waals surface area (Å²) in [6.45, 7) is 8.00. The number of likely N-dealkylation sites (N-methyl/N-ethyl adjacent to an activating group) is 1. The Morgan fingerprint density at radius 2 is 1.84 bits per heavy atom. The maximum atomic E-state index is 12.3. The van der Waals surface area contributed by atoms with E-state index >= 15 is 0 Å². The molecule has 2 rings (SSSR count). The van der Waals surface area contributed by atoms with Crippen LogP contribution in [0, 0.1) is 13.8 Å². The summed E-state index contributed by atoms with van der Waals surface area (Å²) >= 11 is 0. The van der Waals surface area contributed by atoms with Crippen LogP contribution < -0.4 is 0 Å². The van der Waals surface area contributed by atoms with E-state index < -0.39 is 0 Å². The quantitative estimate of drug-likeness (QED) is 0.837. The molecule has 0 amide bonds. The number of carbonyl (C=O) groups excluding carboxylic acids is 1. The molecule has 1 saturated heterocycles. The van der Waals surface area contributed by atoms with Crippen molar-refractivity contribution in [3.8, 4) is 5.75 Å². The molecule has 1 heterocycles. The summed E-state index contributed by atoms with van der Waals surface area (Å²) in [6.07, 6.45) is 0. The average Bonchev–Trinajstić information content (AvgIpc) is 2.30. The van der Waals surface area contributed by atoms with Crippen molar-refractivity contribution >= 4 is 5.78 Å². The summed E-state index contributed by atoms with van der Waals surface area (Å²) in [4.78, 5) is 16.7. The number of phenolic OH excluding ortho intramolecular Hbond substituents is 1. The number of hydrogen-bond acceptors (Lipinski definition) is 4. The van der Waals surface area contributed by atoms with Gasteiger partial charge >= 0.3 is 0 Å². The second kappa shape index (κ2) is 5.72. The second-order valence-electron chi connectivity index (χ2n) is 5.48. The minimum Gasteiger partial charge on any atom is -0.507 e. The van der Waals surface area contributed by atoms with Gasteiger partial charge in [0.05, 0.1) is 12.1 Å². The van der Waals surface area contributed by atoms with Crippen LogP contribution in [0.25, 0.3) is 0 Å². The topological polar surface area (TPSA) is 43.8 Å². The first-order valence-corrected chi connectivity index (χ1v) is 6.71. The first-order valence-electron chi connectivity index (χ1n) is 6.71. The summed E-state index contributed by atoms with van der Waals surface area (Å²) in [7, 11) is 2.09. The van der Waals surface area contributed by atoms with Crippen LogP contribution in [0.15, 0.2) is 12.1 Å². The number of benzene rings is 1. The monoisotopic (exact) mass is 262 g/mol. The minimum atomic E-state index is 0.0135. The van der Waals surface area contributed by atoms with E-state index in [4.69, 9.17) is 0 Å². The lowest BCUT2D eigenvalue weighted by Crippen LogP contribution is -2.46. The summed E-state index contributed by atoms with van der Waals surface area (Å²) < 4.78 is 0. The Morgan fingerprint density at radius 3 is 2.42 bits per heavy atom. The lowest BCUT2D eigenvalue weighted by Gasteiger charge is -2.31. The number of ketones is 1. The van der Waals surface area contributed by atoms with Gasteiger partial charge in [-0.15, -0.1) is 0 Å². The summed E-state index contributed by atoms with van der Waals surface area (Å²) in [5.41, 5.74) is 2.31. The van der Waals surface area contributed by atoms with Crippen LogP contribution in [0.4, 0.5) is 0 Å². The number of aryl methyl sites for hydroxylation is 2. The van der Waals surface area contributed by atoms with Crippen molar-refractivity contribution < 1.29 is 9.90 Å². The highest BCUT2D eigenvalue weighted by Crippen LogP contribution is 2.23. The zero-order chi connectivity index (χ0) is 14.0. The fourth-order valence-corrected chi connectivity index (χ4v) is 2.60. The van der Waals surface area contributed by atoms with E-state index in [2.05, 4.69) is 16.8 Å². The standard InChI is InChI=1S/C15H22N2O2/c1-11-8-12(2)15(13(18)9-11)14(19)10-17-6-4-16(3)5-7-17/h8-9,18H,4-7,10H2,1-3H3. The second-order valence-corrected chi connectivity index (χ2v) is 5.48. The lowest BCUT2D eigenvalue weighted by atomic mass is 10.0. The molecule has 1 aliphatic rings. The Kier molecular flexibility index (Phi) is 4.22. The third kappa shape index (κ3) is 3.33. The largest absolute Gasteiger partial charge is 0.507 e. The van der Waals surface area contributed by atoms with Gasteiger partial charge in [-0.25, -0.2) is 0 Å². The first kappa shape index (κ1) is 14.0. The van der Waals surface area contributed by atoms with Gasteiger partial charge < -0.3 is 10.0 Å². The first-order chi connectivity index (χ1) is 8.97. The van der Waals surface area contributed by atoms with Crippen LogP contribution in [0.5, 0.6) is 5.75 Å². The van der Waals surface area contributed by atoms with E-state index in [1.807, 2.05) is 19.9 Å². The Balaban J connectivity index is 2.08. The molecular weight excluding hydrogens is 240 g/mol. The van der Waals surface area contributed by atoms with Gasteiger partial charge in [-0.1, -0.05) is 6.07 Å². The highest BCUT2D eigenvalue weighted by molar-refractivity contribution is 6.01. The molecule has 0 unspecified atom stereocenters. The van der Waals surface area contributed by atoms with Crippen molar-refractivity contribution in [1.82, 2.24) is 9.80 Å². The van der Waals surface area contributed by atoms with E-state index in [0.29, 0.717) is 12.1 Å². The Morgan fingerprint density at radius 1 is 1.21 bits per heavy atom. The maximum Gasteiger partial charge on any atom is 0.180 e. The summed E-state index contributed by atoms with van der Waals surface area (Å²) in [6, 6.07) is 3.60. The summed E-state index contributed by atoms with van der Waals surface area (Å²) in [5, 5.41) is 9.97. The van der Waals surface area contributed by atoms with Crippen molar-refractivity contribution in [2.75, 3.05) is 39.8 Å². The molecule has 0 aliphatic carbocycles.